The lowest BCUT2D eigenvalue weighted by Gasteiger charge is -2.07. The van der Waals surface area contributed by atoms with Crippen LogP contribution in [0.1, 0.15) is 0 Å². The third-order valence-corrected chi connectivity index (χ3v) is 2.05. The first-order chi connectivity index (χ1) is 10.2. The van der Waals surface area contributed by atoms with Crippen molar-refractivity contribution in [3.8, 4) is 0 Å². The minimum atomic E-state index is -1.10. The molecule has 0 heterocycles. The maximum atomic E-state index is 11.0. The highest BCUT2D eigenvalue weighted by Gasteiger charge is 2.03. The van der Waals surface area contributed by atoms with Crippen molar-refractivity contribution in [3.63, 3.8) is 0 Å². The Kier molecular flexibility index (Phi) is 14.2. The predicted octanol–water partition coefficient (Wildman–Crippen LogP) is -1.79. The molecule has 0 aliphatic carbocycles. The lowest BCUT2D eigenvalue weighted by atomic mass is 10.5. The van der Waals surface area contributed by atoms with Gasteiger partial charge in [0, 0.05) is 6.54 Å². The minimum absolute atomic E-state index is 0.189. The van der Waals surface area contributed by atoms with Crippen LogP contribution in [0.5, 0.6) is 0 Å². The Morgan fingerprint density at radius 2 is 1.33 bits per heavy atom. The molecule has 0 rings (SSSR count). The van der Waals surface area contributed by atoms with Crippen molar-refractivity contribution in [2.75, 3.05) is 65.9 Å². The van der Waals surface area contributed by atoms with Crippen LogP contribution in [-0.2, 0) is 28.5 Å². The zero-order valence-corrected chi connectivity index (χ0v) is 12.0. The number of hydrogen-bond acceptors (Lipinski definition) is 7. The molecular formula is C12H24N2O7. The largest absolute Gasteiger partial charge is 0.480 e. The summed E-state index contributed by atoms with van der Waals surface area (Å²) in [6.45, 7) is 2.87. The third-order valence-electron chi connectivity index (χ3n) is 2.05. The van der Waals surface area contributed by atoms with Gasteiger partial charge in [0.1, 0.15) is 13.2 Å². The molecule has 9 nitrogen and oxygen atoms in total. The number of nitrogens with one attached hydrogen (secondary N) is 1. The van der Waals surface area contributed by atoms with Gasteiger partial charge in [-0.2, -0.15) is 0 Å². The summed E-state index contributed by atoms with van der Waals surface area (Å²) in [5, 5.41) is 10.5. The molecule has 0 aromatic carbocycles. The van der Waals surface area contributed by atoms with Crippen LogP contribution in [0, 0.1) is 0 Å². The van der Waals surface area contributed by atoms with Crippen molar-refractivity contribution in [2.45, 2.75) is 0 Å². The summed E-state index contributed by atoms with van der Waals surface area (Å²) in [7, 11) is 0. The normalized spacial score (nSPS) is 10.5. The standard InChI is InChI=1S/C12H24N2O7/c13-1-2-18-3-4-19-5-6-20-7-8-21-10-11(15)14-9-12(16)17/h1-10,13H2,(H,14,15)(H,16,17). The maximum absolute atomic E-state index is 11.0. The highest BCUT2D eigenvalue weighted by Crippen LogP contribution is 1.82. The number of carbonyl (C=O) groups is 2. The van der Waals surface area contributed by atoms with Gasteiger partial charge in [-0.15, -0.1) is 0 Å². The molecule has 0 bridgehead atoms. The number of carboxylic acids is 1. The maximum Gasteiger partial charge on any atom is 0.322 e. The molecule has 0 atom stereocenters. The van der Waals surface area contributed by atoms with Gasteiger partial charge in [0.2, 0.25) is 5.91 Å². The first-order valence-corrected chi connectivity index (χ1v) is 6.66. The molecule has 0 aliphatic heterocycles. The van der Waals surface area contributed by atoms with Crippen LogP contribution in [0.25, 0.3) is 0 Å². The first-order valence-electron chi connectivity index (χ1n) is 6.66. The molecule has 0 radical (unpaired) electrons. The summed E-state index contributed by atoms with van der Waals surface area (Å²) < 4.78 is 20.5. The van der Waals surface area contributed by atoms with E-state index in [9.17, 15) is 9.59 Å². The Morgan fingerprint density at radius 3 is 1.81 bits per heavy atom. The van der Waals surface area contributed by atoms with E-state index in [0.29, 0.717) is 46.2 Å². The van der Waals surface area contributed by atoms with Gasteiger partial charge in [-0.25, -0.2) is 0 Å². The topological polar surface area (TPSA) is 129 Å². The van der Waals surface area contributed by atoms with Crippen molar-refractivity contribution in [2.24, 2.45) is 5.73 Å². The summed E-state index contributed by atoms with van der Waals surface area (Å²) >= 11 is 0. The molecule has 4 N–H and O–H groups in total. The van der Waals surface area contributed by atoms with Crippen LogP contribution in [-0.4, -0.2) is 82.9 Å². The molecule has 0 aliphatic rings. The van der Waals surface area contributed by atoms with Crippen LogP contribution in [0.3, 0.4) is 0 Å². The summed E-state index contributed by atoms with van der Waals surface area (Å²) in [6.07, 6.45) is 0. The fourth-order valence-corrected chi connectivity index (χ4v) is 1.13. The van der Waals surface area contributed by atoms with E-state index in [1.54, 1.807) is 0 Å². The predicted molar refractivity (Wildman–Crippen MR) is 73.0 cm³/mol. The third kappa shape index (κ3) is 16.7. The van der Waals surface area contributed by atoms with Gasteiger partial charge in [0.15, 0.2) is 0 Å². The second-order valence-corrected chi connectivity index (χ2v) is 3.85. The van der Waals surface area contributed by atoms with Gasteiger partial charge in [0.25, 0.3) is 0 Å². The quantitative estimate of drug-likeness (QED) is 0.303. The van der Waals surface area contributed by atoms with Crippen LogP contribution in [0.15, 0.2) is 0 Å². The summed E-state index contributed by atoms with van der Waals surface area (Å²) in [4.78, 5) is 21.2. The average molecular weight is 308 g/mol. The molecule has 0 saturated carbocycles. The van der Waals surface area contributed by atoms with Gasteiger partial charge in [-0.05, 0) is 0 Å². The van der Waals surface area contributed by atoms with Gasteiger partial charge in [-0.1, -0.05) is 0 Å². The lowest BCUT2D eigenvalue weighted by molar-refractivity contribution is -0.138. The molecule has 0 aromatic rings. The van der Waals surface area contributed by atoms with E-state index in [4.69, 9.17) is 29.8 Å². The number of amides is 1. The second-order valence-electron chi connectivity index (χ2n) is 3.85. The van der Waals surface area contributed by atoms with Crippen molar-refractivity contribution in [1.29, 1.82) is 0 Å². The van der Waals surface area contributed by atoms with Crippen molar-refractivity contribution >= 4 is 11.9 Å². The number of aliphatic carboxylic acids is 1. The molecule has 0 unspecified atom stereocenters. The highest BCUT2D eigenvalue weighted by atomic mass is 16.6. The van der Waals surface area contributed by atoms with E-state index in [-0.39, 0.29) is 13.2 Å². The van der Waals surface area contributed by atoms with Gasteiger partial charge in [-0.3, -0.25) is 9.59 Å². The highest BCUT2D eigenvalue weighted by molar-refractivity contribution is 5.81. The number of hydrogen-bond donors (Lipinski definition) is 3. The Bertz CT molecular complexity index is 276. The van der Waals surface area contributed by atoms with Gasteiger partial charge < -0.3 is 35.1 Å². The van der Waals surface area contributed by atoms with Crippen molar-refractivity contribution in [3.05, 3.63) is 0 Å². The van der Waals surface area contributed by atoms with Gasteiger partial charge >= 0.3 is 5.97 Å². The molecule has 0 spiro atoms. The molecule has 0 fully saturated rings. The molecule has 0 saturated heterocycles. The van der Waals surface area contributed by atoms with Crippen LogP contribution in [0.2, 0.25) is 0 Å². The fourth-order valence-electron chi connectivity index (χ4n) is 1.13. The molecule has 9 heteroatoms. The lowest BCUT2D eigenvalue weighted by Crippen LogP contribution is -2.32. The SMILES string of the molecule is NCCOCCOCCOCCOCC(=O)NCC(=O)O. The summed E-state index contributed by atoms with van der Waals surface area (Å²) in [6, 6.07) is 0. The summed E-state index contributed by atoms with van der Waals surface area (Å²) in [5.41, 5.74) is 5.25. The Morgan fingerprint density at radius 1 is 0.857 bits per heavy atom. The minimum Gasteiger partial charge on any atom is -0.480 e. The Balaban J connectivity index is 3.12. The van der Waals surface area contributed by atoms with Gasteiger partial charge in [0.05, 0.1) is 46.2 Å². The smallest absolute Gasteiger partial charge is 0.322 e. The van der Waals surface area contributed by atoms with E-state index in [2.05, 4.69) is 5.32 Å². The number of carboxylic acid groups (broad SMARTS) is 1. The zero-order chi connectivity index (χ0) is 15.8. The fraction of sp³-hybridized carbons (Fsp3) is 0.833. The second kappa shape index (κ2) is 15.1. The summed E-state index contributed by atoms with van der Waals surface area (Å²) in [5.74, 6) is -1.57. The number of carbonyl (C=O) groups excluding carboxylic acids is 1. The Hall–Kier alpha value is -1.26. The molecular weight excluding hydrogens is 284 g/mol. The first kappa shape index (κ1) is 19.7. The van der Waals surface area contributed by atoms with E-state index in [1.165, 1.54) is 0 Å². The zero-order valence-electron chi connectivity index (χ0n) is 12.0. The van der Waals surface area contributed by atoms with E-state index in [1.807, 2.05) is 0 Å². The number of rotatable bonds is 15. The number of ether oxygens (including phenoxy) is 4. The monoisotopic (exact) mass is 308 g/mol. The van der Waals surface area contributed by atoms with Crippen molar-refractivity contribution < 1.29 is 33.6 Å². The molecule has 21 heavy (non-hydrogen) atoms. The number of nitrogens with two attached hydrogens (primary N) is 1. The average Bonchev–Trinajstić information content (AvgIpc) is 2.46. The van der Waals surface area contributed by atoms with Crippen LogP contribution in [0.4, 0.5) is 0 Å². The molecule has 0 aromatic heterocycles. The molecule has 1 amide bonds. The molecule has 124 valence electrons. The van der Waals surface area contributed by atoms with Crippen LogP contribution < -0.4 is 11.1 Å². The van der Waals surface area contributed by atoms with E-state index >= 15 is 0 Å². The Labute approximate surface area is 123 Å². The van der Waals surface area contributed by atoms with E-state index in [0.717, 1.165) is 0 Å². The van der Waals surface area contributed by atoms with Crippen molar-refractivity contribution in [1.82, 2.24) is 5.32 Å². The van der Waals surface area contributed by atoms with Crippen LogP contribution >= 0.6 is 0 Å². The van der Waals surface area contributed by atoms with E-state index < -0.39 is 18.4 Å².